The standard InChI is InChI=1S/C22H26N4O2/c1-17-15-20(21(23)22(26-17)28-19-9-3-2-4-10-19)25-12-14-27-13-6-8-18-7-5-11-24-16-18/h2-5,7,9-11,15-16H,6,8,12-14,23H2,1H3,(H,25,26). The number of para-hydroxylation sites is 1. The fraction of sp³-hybridized carbons (Fsp3) is 0.273. The van der Waals surface area contributed by atoms with E-state index < -0.39 is 0 Å². The van der Waals surface area contributed by atoms with Gasteiger partial charge in [0.05, 0.1) is 12.3 Å². The van der Waals surface area contributed by atoms with Gasteiger partial charge in [-0.25, -0.2) is 4.98 Å². The molecule has 1 aromatic carbocycles. The largest absolute Gasteiger partial charge is 0.437 e. The molecule has 0 saturated carbocycles. The van der Waals surface area contributed by atoms with Crippen molar-refractivity contribution in [3.8, 4) is 11.6 Å². The quantitative estimate of drug-likeness (QED) is 0.514. The second-order valence-corrected chi connectivity index (χ2v) is 6.45. The molecule has 2 aromatic heterocycles. The molecule has 0 spiro atoms. The fourth-order valence-electron chi connectivity index (χ4n) is 2.76. The zero-order valence-corrected chi connectivity index (χ0v) is 16.1. The van der Waals surface area contributed by atoms with E-state index in [0.29, 0.717) is 37.1 Å². The number of nitrogens with two attached hydrogens (primary N) is 1. The second-order valence-electron chi connectivity index (χ2n) is 6.45. The normalized spacial score (nSPS) is 10.6. The van der Waals surface area contributed by atoms with Crippen LogP contribution in [0.25, 0.3) is 0 Å². The van der Waals surface area contributed by atoms with Gasteiger partial charge in [0.2, 0.25) is 5.88 Å². The van der Waals surface area contributed by atoms with Crippen molar-refractivity contribution >= 4 is 11.4 Å². The third-order valence-electron chi connectivity index (χ3n) is 4.15. The van der Waals surface area contributed by atoms with E-state index in [9.17, 15) is 0 Å². The van der Waals surface area contributed by atoms with Crippen molar-refractivity contribution in [2.75, 3.05) is 30.8 Å². The predicted molar refractivity (Wildman–Crippen MR) is 112 cm³/mol. The predicted octanol–water partition coefficient (Wildman–Crippen LogP) is 4.22. The molecule has 0 amide bonds. The number of rotatable bonds is 10. The molecule has 0 aliphatic heterocycles. The van der Waals surface area contributed by atoms with Crippen LogP contribution in [0.3, 0.4) is 0 Å². The van der Waals surface area contributed by atoms with E-state index >= 15 is 0 Å². The monoisotopic (exact) mass is 378 g/mol. The summed E-state index contributed by atoms with van der Waals surface area (Å²) >= 11 is 0. The minimum Gasteiger partial charge on any atom is -0.437 e. The summed E-state index contributed by atoms with van der Waals surface area (Å²) in [5.41, 5.74) is 9.59. The molecule has 3 aromatic rings. The summed E-state index contributed by atoms with van der Waals surface area (Å²) in [5, 5.41) is 3.31. The van der Waals surface area contributed by atoms with Crippen molar-refractivity contribution < 1.29 is 9.47 Å². The van der Waals surface area contributed by atoms with Crippen LogP contribution < -0.4 is 15.8 Å². The number of nitrogens with one attached hydrogen (secondary N) is 1. The van der Waals surface area contributed by atoms with Crippen LogP contribution in [-0.2, 0) is 11.2 Å². The number of hydrogen-bond donors (Lipinski definition) is 2. The molecule has 0 radical (unpaired) electrons. The number of pyridine rings is 2. The van der Waals surface area contributed by atoms with E-state index in [1.165, 1.54) is 5.56 Å². The van der Waals surface area contributed by atoms with E-state index in [1.54, 1.807) is 6.20 Å². The van der Waals surface area contributed by atoms with Gasteiger partial charge in [-0.1, -0.05) is 24.3 Å². The molecule has 3 N–H and O–H groups in total. The van der Waals surface area contributed by atoms with Gasteiger partial charge in [0.1, 0.15) is 11.4 Å². The van der Waals surface area contributed by atoms with Gasteiger partial charge in [-0.05, 0) is 49.6 Å². The van der Waals surface area contributed by atoms with Crippen LogP contribution >= 0.6 is 0 Å². The number of anilines is 2. The maximum absolute atomic E-state index is 6.23. The molecule has 146 valence electrons. The Bertz CT molecular complexity index is 857. The Hall–Kier alpha value is -3.12. The first-order chi connectivity index (χ1) is 13.7. The molecule has 6 nitrogen and oxygen atoms in total. The number of aromatic nitrogens is 2. The van der Waals surface area contributed by atoms with Crippen LogP contribution in [0, 0.1) is 6.92 Å². The first kappa shape index (κ1) is 19.6. The molecule has 3 rings (SSSR count). The van der Waals surface area contributed by atoms with E-state index in [1.807, 2.05) is 55.6 Å². The van der Waals surface area contributed by atoms with Crippen molar-refractivity contribution in [1.29, 1.82) is 0 Å². The number of hydrogen-bond acceptors (Lipinski definition) is 6. The summed E-state index contributed by atoms with van der Waals surface area (Å²) in [6, 6.07) is 15.4. The number of nitrogen functional groups attached to an aromatic ring is 1. The Morgan fingerprint density at radius 3 is 2.71 bits per heavy atom. The van der Waals surface area contributed by atoms with Crippen molar-refractivity contribution in [3.63, 3.8) is 0 Å². The average Bonchev–Trinajstić information content (AvgIpc) is 2.72. The average molecular weight is 378 g/mol. The van der Waals surface area contributed by atoms with E-state index in [4.69, 9.17) is 15.2 Å². The molecular weight excluding hydrogens is 352 g/mol. The SMILES string of the molecule is Cc1cc(NCCOCCCc2cccnc2)c(N)c(Oc2ccccc2)n1. The van der Waals surface area contributed by atoms with Gasteiger partial charge in [-0.2, -0.15) is 0 Å². The molecule has 0 unspecified atom stereocenters. The van der Waals surface area contributed by atoms with Crippen LogP contribution in [0.1, 0.15) is 17.7 Å². The topological polar surface area (TPSA) is 82.3 Å². The molecule has 0 aliphatic carbocycles. The van der Waals surface area contributed by atoms with E-state index in [-0.39, 0.29) is 0 Å². The lowest BCUT2D eigenvalue weighted by atomic mass is 10.2. The van der Waals surface area contributed by atoms with Gasteiger partial charge in [-0.15, -0.1) is 0 Å². The maximum atomic E-state index is 6.23. The summed E-state index contributed by atoms with van der Waals surface area (Å²) in [6.45, 7) is 3.88. The molecule has 0 fully saturated rings. The van der Waals surface area contributed by atoms with Gasteiger partial charge in [-0.3, -0.25) is 4.98 Å². The third-order valence-corrected chi connectivity index (χ3v) is 4.15. The molecule has 0 bridgehead atoms. The minimum atomic E-state index is 0.408. The van der Waals surface area contributed by atoms with Gasteiger partial charge >= 0.3 is 0 Å². The molecule has 0 aliphatic rings. The number of ether oxygens (including phenoxy) is 2. The molecule has 2 heterocycles. The summed E-state index contributed by atoms with van der Waals surface area (Å²) in [6.07, 6.45) is 5.62. The van der Waals surface area contributed by atoms with Crippen LogP contribution in [-0.4, -0.2) is 29.7 Å². The maximum Gasteiger partial charge on any atom is 0.245 e. The van der Waals surface area contributed by atoms with Crippen LogP contribution in [0.15, 0.2) is 60.9 Å². The second kappa shape index (κ2) is 10.3. The lowest BCUT2D eigenvalue weighted by Crippen LogP contribution is -2.12. The molecule has 28 heavy (non-hydrogen) atoms. The first-order valence-electron chi connectivity index (χ1n) is 9.43. The molecular formula is C22H26N4O2. The lowest BCUT2D eigenvalue weighted by molar-refractivity contribution is 0.141. The summed E-state index contributed by atoms with van der Waals surface area (Å²) < 4.78 is 11.5. The number of benzene rings is 1. The fourth-order valence-corrected chi connectivity index (χ4v) is 2.76. The van der Waals surface area contributed by atoms with Crippen molar-refractivity contribution in [1.82, 2.24) is 9.97 Å². The molecule has 6 heteroatoms. The highest BCUT2D eigenvalue weighted by molar-refractivity contribution is 5.71. The van der Waals surface area contributed by atoms with Gasteiger partial charge < -0.3 is 20.5 Å². The Balaban J connectivity index is 1.44. The summed E-state index contributed by atoms with van der Waals surface area (Å²) in [4.78, 5) is 8.52. The smallest absolute Gasteiger partial charge is 0.245 e. The highest BCUT2D eigenvalue weighted by atomic mass is 16.5. The number of nitrogens with zero attached hydrogens (tertiary/aromatic N) is 2. The number of aryl methyl sites for hydroxylation is 2. The van der Waals surface area contributed by atoms with E-state index in [0.717, 1.165) is 24.2 Å². The minimum absolute atomic E-state index is 0.408. The zero-order valence-electron chi connectivity index (χ0n) is 16.1. The van der Waals surface area contributed by atoms with Crippen LogP contribution in [0.4, 0.5) is 11.4 Å². The zero-order chi connectivity index (χ0) is 19.6. The van der Waals surface area contributed by atoms with Gasteiger partial charge in [0, 0.05) is 31.2 Å². The Kier molecular flexibility index (Phi) is 7.21. The van der Waals surface area contributed by atoms with Crippen LogP contribution in [0.2, 0.25) is 0 Å². The lowest BCUT2D eigenvalue weighted by Gasteiger charge is -2.14. The van der Waals surface area contributed by atoms with Crippen molar-refractivity contribution in [3.05, 3.63) is 72.2 Å². The Labute approximate surface area is 165 Å². The molecule has 0 saturated heterocycles. The van der Waals surface area contributed by atoms with Crippen molar-refractivity contribution in [2.24, 2.45) is 0 Å². The first-order valence-corrected chi connectivity index (χ1v) is 9.43. The molecule has 0 atom stereocenters. The third kappa shape index (κ3) is 5.96. The Morgan fingerprint density at radius 1 is 1.07 bits per heavy atom. The van der Waals surface area contributed by atoms with Gasteiger partial charge in [0.15, 0.2) is 0 Å². The Morgan fingerprint density at radius 2 is 1.93 bits per heavy atom. The van der Waals surface area contributed by atoms with Crippen molar-refractivity contribution in [2.45, 2.75) is 19.8 Å². The highest BCUT2D eigenvalue weighted by Gasteiger charge is 2.10. The van der Waals surface area contributed by atoms with Crippen LogP contribution in [0.5, 0.6) is 11.6 Å². The van der Waals surface area contributed by atoms with E-state index in [2.05, 4.69) is 21.4 Å². The summed E-state index contributed by atoms with van der Waals surface area (Å²) in [5.74, 6) is 1.11. The highest BCUT2D eigenvalue weighted by Crippen LogP contribution is 2.31. The summed E-state index contributed by atoms with van der Waals surface area (Å²) in [7, 11) is 0. The van der Waals surface area contributed by atoms with Gasteiger partial charge in [0.25, 0.3) is 0 Å².